The first-order chi connectivity index (χ1) is 17.7. The molecule has 0 saturated carbocycles. The maximum absolute atomic E-state index is 12.9. The largest absolute Gasteiger partial charge is 0.493 e. The molecule has 0 aliphatic carbocycles. The van der Waals surface area contributed by atoms with Crippen molar-refractivity contribution in [3.63, 3.8) is 0 Å². The molecule has 0 unspecified atom stereocenters. The first-order valence-corrected chi connectivity index (χ1v) is 12.5. The van der Waals surface area contributed by atoms with E-state index in [0.717, 1.165) is 34.0 Å². The van der Waals surface area contributed by atoms with Crippen LogP contribution in [0.1, 0.15) is 27.8 Å². The van der Waals surface area contributed by atoms with Crippen molar-refractivity contribution in [3.8, 4) is 11.5 Å². The Kier molecular flexibility index (Phi) is 7.98. The highest BCUT2D eigenvalue weighted by molar-refractivity contribution is 8.18. The van der Waals surface area contributed by atoms with Gasteiger partial charge >= 0.3 is 0 Å². The third-order valence-electron chi connectivity index (χ3n) is 5.97. The summed E-state index contributed by atoms with van der Waals surface area (Å²) in [6.07, 6.45) is 1.65. The van der Waals surface area contributed by atoms with Crippen molar-refractivity contribution >= 4 is 40.6 Å². The van der Waals surface area contributed by atoms with Gasteiger partial charge in [0.15, 0.2) is 18.1 Å². The van der Waals surface area contributed by atoms with E-state index in [1.165, 1.54) is 12.0 Å². The summed E-state index contributed by atoms with van der Waals surface area (Å²) in [7, 11) is 1.50. The van der Waals surface area contributed by atoms with Crippen molar-refractivity contribution in [3.05, 3.63) is 93.4 Å². The summed E-state index contributed by atoms with van der Waals surface area (Å²) in [4.78, 5) is 39.3. The number of aryl methyl sites for hydroxylation is 3. The molecular weight excluding hydrogens is 488 g/mol. The highest BCUT2D eigenvalue weighted by atomic mass is 32.2. The molecule has 0 radical (unpaired) electrons. The Bertz CT molecular complexity index is 1380. The monoisotopic (exact) mass is 516 g/mol. The second-order valence-electron chi connectivity index (χ2n) is 8.80. The van der Waals surface area contributed by atoms with Gasteiger partial charge in [-0.05, 0) is 85.1 Å². The lowest BCUT2D eigenvalue weighted by Crippen LogP contribution is -2.27. The number of carbonyl (C=O) groups is 3. The minimum atomic E-state index is -0.335. The molecule has 1 aliphatic heterocycles. The molecular formula is C29H28N2O5S. The molecule has 3 amide bonds. The van der Waals surface area contributed by atoms with Crippen LogP contribution in [0.25, 0.3) is 6.08 Å². The summed E-state index contributed by atoms with van der Waals surface area (Å²) in [5, 5.41) is 2.51. The summed E-state index contributed by atoms with van der Waals surface area (Å²) < 4.78 is 11.1. The van der Waals surface area contributed by atoms with Crippen LogP contribution in [0.15, 0.2) is 65.6 Å². The van der Waals surface area contributed by atoms with Crippen molar-refractivity contribution in [1.29, 1.82) is 0 Å². The van der Waals surface area contributed by atoms with E-state index in [2.05, 4.69) is 5.32 Å². The molecule has 3 aromatic carbocycles. The summed E-state index contributed by atoms with van der Waals surface area (Å²) in [5.74, 6) is 0.170. The molecule has 1 fully saturated rings. The molecule has 190 valence electrons. The number of anilines is 1. The summed E-state index contributed by atoms with van der Waals surface area (Å²) in [6.45, 7) is 6.01. The van der Waals surface area contributed by atoms with Crippen LogP contribution < -0.4 is 14.8 Å². The van der Waals surface area contributed by atoms with Crippen LogP contribution >= 0.6 is 11.8 Å². The van der Waals surface area contributed by atoms with Crippen LogP contribution in [0, 0.1) is 20.8 Å². The molecule has 0 atom stereocenters. The van der Waals surface area contributed by atoms with Crippen molar-refractivity contribution in [2.45, 2.75) is 27.3 Å². The molecule has 1 aliphatic rings. The SMILES string of the molecule is COc1cc(/C=C2/SC(=O)N(Cc3ccc(C)cc3)C2=O)ccc1OCC(=O)Nc1ccc(C)c(C)c1. The van der Waals surface area contributed by atoms with E-state index >= 15 is 0 Å². The van der Waals surface area contributed by atoms with Crippen LogP contribution in [0.2, 0.25) is 0 Å². The molecule has 1 N–H and O–H groups in total. The Morgan fingerprint density at radius 2 is 1.70 bits per heavy atom. The number of hydrogen-bond acceptors (Lipinski definition) is 6. The lowest BCUT2D eigenvalue weighted by Gasteiger charge is -2.13. The van der Waals surface area contributed by atoms with Gasteiger partial charge in [0.2, 0.25) is 0 Å². The van der Waals surface area contributed by atoms with Gasteiger partial charge in [-0.3, -0.25) is 19.3 Å². The molecule has 0 spiro atoms. The number of benzene rings is 3. The van der Waals surface area contributed by atoms with Gasteiger partial charge in [-0.15, -0.1) is 0 Å². The van der Waals surface area contributed by atoms with Gasteiger partial charge < -0.3 is 14.8 Å². The van der Waals surface area contributed by atoms with Crippen LogP contribution in [0.4, 0.5) is 10.5 Å². The number of carbonyl (C=O) groups excluding carboxylic acids is 3. The van der Waals surface area contributed by atoms with Crippen molar-refractivity contribution in [1.82, 2.24) is 4.90 Å². The quantitative estimate of drug-likeness (QED) is 0.377. The van der Waals surface area contributed by atoms with Crippen LogP contribution in [0.5, 0.6) is 11.5 Å². The van der Waals surface area contributed by atoms with E-state index in [0.29, 0.717) is 27.7 Å². The number of imide groups is 1. The maximum atomic E-state index is 12.9. The second kappa shape index (κ2) is 11.3. The first kappa shape index (κ1) is 26.0. The molecule has 0 bridgehead atoms. The number of rotatable bonds is 8. The van der Waals surface area contributed by atoms with Gasteiger partial charge in [0.25, 0.3) is 17.1 Å². The van der Waals surface area contributed by atoms with Crippen LogP contribution in [-0.2, 0) is 16.1 Å². The zero-order valence-electron chi connectivity index (χ0n) is 21.2. The average molecular weight is 517 g/mol. The third kappa shape index (κ3) is 6.40. The normalized spacial score (nSPS) is 14.3. The number of methoxy groups -OCH3 is 1. The lowest BCUT2D eigenvalue weighted by molar-refractivity contribution is -0.123. The Morgan fingerprint density at radius 1 is 0.946 bits per heavy atom. The third-order valence-corrected chi connectivity index (χ3v) is 6.88. The van der Waals surface area contributed by atoms with Gasteiger partial charge in [-0.1, -0.05) is 42.0 Å². The standard InChI is InChI=1S/C29H28N2O5S/c1-18-5-8-21(9-6-18)16-31-28(33)26(37-29(31)34)15-22-10-12-24(25(14-22)35-4)36-17-27(32)30-23-11-7-19(2)20(3)13-23/h5-15H,16-17H2,1-4H3,(H,30,32)/b26-15+. The predicted octanol–water partition coefficient (Wildman–Crippen LogP) is 5.87. The fourth-order valence-corrected chi connectivity index (χ4v) is 4.55. The number of hydrogen-bond donors (Lipinski definition) is 1. The lowest BCUT2D eigenvalue weighted by atomic mass is 10.1. The Balaban J connectivity index is 1.41. The molecule has 4 rings (SSSR count). The van der Waals surface area contributed by atoms with E-state index in [1.54, 1.807) is 24.3 Å². The Labute approximate surface area is 220 Å². The number of amides is 3. The topological polar surface area (TPSA) is 84.9 Å². The molecule has 37 heavy (non-hydrogen) atoms. The van der Waals surface area contributed by atoms with Gasteiger partial charge in [-0.2, -0.15) is 0 Å². The molecule has 8 heteroatoms. The number of nitrogens with zero attached hydrogens (tertiary/aromatic N) is 1. The maximum Gasteiger partial charge on any atom is 0.293 e. The van der Waals surface area contributed by atoms with Gasteiger partial charge in [0, 0.05) is 5.69 Å². The second-order valence-corrected chi connectivity index (χ2v) is 9.79. The minimum absolute atomic E-state index is 0.194. The minimum Gasteiger partial charge on any atom is -0.493 e. The van der Waals surface area contributed by atoms with Crippen molar-refractivity contribution < 1.29 is 23.9 Å². The molecule has 3 aromatic rings. The Morgan fingerprint density at radius 3 is 2.41 bits per heavy atom. The van der Waals surface area contributed by atoms with Crippen molar-refractivity contribution in [2.75, 3.05) is 19.0 Å². The smallest absolute Gasteiger partial charge is 0.293 e. The number of nitrogens with one attached hydrogen (secondary N) is 1. The number of thioether (sulfide) groups is 1. The zero-order valence-corrected chi connectivity index (χ0v) is 22.0. The fourth-order valence-electron chi connectivity index (χ4n) is 3.72. The van der Waals surface area contributed by atoms with Gasteiger partial charge in [0.05, 0.1) is 18.6 Å². The average Bonchev–Trinajstić information content (AvgIpc) is 3.13. The molecule has 1 heterocycles. The van der Waals surface area contributed by atoms with Crippen LogP contribution in [-0.4, -0.2) is 35.7 Å². The van der Waals surface area contributed by atoms with Gasteiger partial charge in [0.1, 0.15) is 0 Å². The summed E-state index contributed by atoms with van der Waals surface area (Å²) in [5.41, 5.74) is 5.61. The molecule has 1 saturated heterocycles. The van der Waals surface area contributed by atoms with E-state index < -0.39 is 0 Å². The van der Waals surface area contributed by atoms with E-state index in [4.69, 9.17) is 9.47 Å². The summed E-state index contributed by atoms with van der Waals surface area (Å²) >= 11 is 0.907. The van der Waals surface area contributed by atoms with E-state index in [1.807, 2.05) is 63.2 Å². The Hall–Kier alpha value is -4.04. The molecule has 0 aromatic heterocycles. The fraction of sp³-hybridized carbons (Fsp3) is 0.207. The number of ether oxygens (including phenoxy) is 2. The van der Waals surface area contributed by atoms with Crippen molar-refractivity contribution in [2.24, 2.45) is 0 Å². The summed E-state index contributed by atoms with van der Waals surface area (Å²) in [6, 6.07) is 18.5. The first-order valence-electron chi connectivity index (χ1n) is 11.7. The van der Waals surface area contributed by atoms with E-state index in [-0.39, 0.29) is 30.2 Å². The predicted molar refractivity (Wildman–Crippen MR) is 146 cm³/mol. The highest BCUT2D eigenvalue weighted by Gasteiger charge is 2.35. The van der Waals surface area contributed by atoms with Gasteiger partial charge in [-0.25, -0.2) is 0 Å². The zero-order chi connectivity index (χ0) is 26.5. The van der Waals surface area contributed by atoms with E-state index in [9.17, 15) is 14.4 Å². The van der Waals surface area contributed by atoms with Crippen LogP contribution in [0.3, 0.4) is 0 Å². The highest BCUT2D eigenvalue weighted by Crippen LogP contribution is 2.35. The molecule has 7 nitrogen and oxygen atoms in total.